The van der Waals surface area contributed by atoms with Gasteiger partial charge in [-0.1, -0.05) is 0 Å². The van der Waals surface area contributed by atoms with Crippen LogP contribution < -0.4 is 0 Å². The Kier molecular flexibility index (Phi) is 11.8. The van der Waals surface area contributed by atoms with E-state index in [1.54, 1.807) is 13.8 Å². The van der Waals surface area contributed by atoms with Gasteiger partial charge in [0.25, 0.3) is 0 Å². The lowest BCUT2D eigenvalue weighted by atomic mass is 9.81. The van der Waals surface area contributed by atoms with Gasteiger partial charge in [-0.25, -0.2) is 0 Å². The number of ether oxygens (including phenoxy) is 4. The van der Waals surface area contributed by atoms with E-state index in [1.165, 1.54) is 25.7 Å². The first-order valence-electron chi connectivity index (χ1n) is 14.0. The summed E-state index contributed by atoms with van der Waals surface area (Å²) < 4.78 is 21.7. The van der Waals surface area contributed by atoms with Crippen molar-refractivity contribution in [2.24, 2.45) is 35.5 Å². The Morgan fingerprint density at radius 3 is 1.42 bits per heavy atom. The SMILES string of the molecule is CCOC(=O)[C@@H](CC=O)[C@@H]1CCO[C@@H](C2CC2)C1.CCOC(=O)[C@@H](CC=O)[C@@H]1CCO[C@H](C2CC2)C1. The Labute approximate surface area is 215 Å². The number of hydrogen-bond donors (Lipinski definition) is 0. The van der Waals surface area contributed by atoms with Crippen LogP contribution in [0.1, 0.15) is 78.1 Å². The van der Waals surface area contributed by atoms with E-state index in [0.717, 1.165) is 38.3 Å². The Balaban J connectivity index is 0.000000201. The molecule has 2 heterocycles. The van der Waals surface area contributed by atoms with Crippen molar-refractivity contribution in [2.75, 3.05) is 26.4 Å². The topological polar surface area (TPSA) is 105 Å². The lowest BCUT2D eigenvalue weighted by molar-refractivity contribution is -0.154. The van der Waals surface area contributed by atoms with Crippen molar-refractivity contribution in [3.63, 3.8) is 0 Å². The first-order chi connectivity index (χ1) is 17.5. The molecule has 0 aromatic heterocycles. The molecule has 0 spiro atoms. The molecule has 36 heavy (non-hydrogen) atoms. The van der Waals surface area contributed by atoms with Gasteiger partial charge in [-0.2, -0.15) is 0 Å². The first-order valence-corrected chi connectivity index (χ1v) is 14.0. The summed E-state index contributed by atoms with van der Waals surface area (Å²) in [5.74, 6) is 0.887. The molecule has 0 bridgehead atoms. The third-order valence-electron chi connectivity index (χ3n) is 8.02. The molecule has 2 aliphatic heterocycles. The molecule has 0 radical (unpaired) electrons. The second-order valence-electron chi connectivity index (χ2n) is 10.6. The van der Waals surface area contributed by atoms with Gasteiger partial charge < -0.3 is 28.5 Å². The molecule has 8 nitrogen and oxygen atoms in total. The summed E-state index contributed by atoms with van der Waals surface area (Å²) in [6.45, 7) is 5.77. The molecule has 2 aliphatic carbocycles. The van der Waals surface area contributed by atoms with Gasteiger partial charge in [0.05, 0.1) is 37.3 Å². The first kappa shape index (κ1) is 28.8. The third kappa shape index (κ3) is 8.65. The van der Waals surface area contributed by atoms with Crippen LogP contribution in [0.2, 0.25) is 0 Å². The van der Waals surface area contributed by atoms with Gasteiger partial charge in [-0.15, -0.1) is 0 Å². The van der Waals surface area contributed by atoms with Gasteiger partial charge in [-0.3, -0.25) is 9.59 Å². The van der Waals surface area contributed by atoms with Crippen molar-refractivity contribution >= 4 is 24.5 Å². The minimum absolute atomic E-state index is 0.217. The van der Waals surface area contributed by atoms with E-state index in [-0.39, 0.29) is 48.5 Å². The monoisotopic (exact) mass is 508 g/mol. The minimum Gasteiger partial charge on any atom is -0.466 e. The number of carbonyl (C=O) groups is 4. The lowest BCUT2D eigenvalue weighted by Gasteiger charge is -2.33. The molecule has 4 rings (SSSR count). The van der Waals surface area contributed by atoms with Crippen molar-refractivity contribution in [2.45, 2.75) is 90.3 Å². The van der Waals surface area contributed by atoms with Crippen LogP contribution in [0.15, 0.2) is 0 Å². The fourth-order valence-electron chi connectivity index (χ4n) is 5.70. The highest BCUT2D eigenvalue weighted by molar-refractivity contribution is 5.76. The van der Waals surface area contributed by atoms with Gasteiger partial charge in [0, 0.05) is 26.1 Å². The molecule has 2 saturated carbocycles. The van der Waals surface area contributed by atoms with E-state index in [9.17, 15) is 19.2 Å². The number of hydrogen-bond acceptors (Lipinski definition) is 8. The summed E-state index contributed by atoms with van der Waals surface area (Å²) >= 11 is 0. The Bertz CT molecular complexity index is 656. The van der Waals surface area contributed by atoms with Crippen LogP contribution in [-0.4, -0.2) is 63.1 Å². The number of esters is 2. The third-order valence-corrected chi connectivity index (χ3v) is 8.02. The maximum atomic E-state index is 11.9. The summed E-state index contributed by atoms with van der Waals surface area (Å²) in [4.78, 5) is 45.3. The van der Waals surface area contributed by atoms with Crippen molar-refractivity contribution in [3.05, 3.63) is 0 Å². The van der Waals surface area contributed by atoms with Gasteiger partial charge in [0.1, 0.15) is 12.6 Å². The van der Waals surface area contributed by atoms with Gasteiger partial charge in [-0.05, 0) is 88.9 Å². The van der Waals surface area contributed by atoms with E-state index in [1.807, 2.05) is 0 Å². The standard InChI is InChI=1S/2C14H22O4/c2*1-2-17-14(16)12(5-7-15)11-6-8-18-13(9-11)10-3-4-10/h2*7,10-13H,2-6,8-9H2,1H3/t11-,12+,13+;11-,12+,13-/m11/s1. The van der Waals surface area contributed by atoms with Gasteiger partial charge >= 0.3 is 11.9 Å². The number of carbonyl (C=O) groups excluding carboxylic acids is 4. The van der Waals surface area contributed by atoms with E-state index in [2.05, 4.69) is 0 Å². The summed E-state index contributed by atoms with van der Waals surface area (Å²) in [6.07, 6.45) is 11.3. The molecule has 6 atom stereocenters. The minimum atomic E-state index is -0.271. The predicted octanol–water partition coefficient (Wildman–Crippen LogP) is 3.92. The zero-order chi connectivity index (χ0) is 25.9. The molecule has 8 heteroatoms. The predicted molar refractivity (Wildman–Crippen MR) is 132 cm³/mol. The molecular weight excluding hydrogens is 464 g/mol. The zero-order valence-corrected chi connectivity index (χ0v) is 21.9. The largest absolute Gasteiger partial charge is 0.466 e. The fraction of sp³-hybridized carbons (Fsp3) is 0.857. The Morgan fingerprint density at radius 2 is 1.11 bits per heavy atom. The molecule has 204 valence electrons. The highest BCUT2D eigenvalue weighted by Gasteiger charge is 2.41. The molecule has 0 amide bonds. The van der Waals surface area contributed by atoms with Crippen LogP contribution in [0.5, 0.6) is 0 Å². The molecule has 0 aromatic carbocycles. The smallest absolute Gasteiger partial charge is 0.309 e. The average Bonchev–Trinajstić information content (AvgIpc) is 3.79. The van der Waals surface area contributed by atoms with Crippen molar-refractivity contribution in [3.8, 4) is 0 Å². The Hall–Kier alpha value is -1.80. The summed E-state index contributed by atoms with van der Waals surface area (Å²) in [6, 6.07) is 0. The van der Waals surface area contributed by atoms with Gasteiger partial charge in [0.2, 0.25) is 0 Å². The summed E-state index contributed by atoms with van der Waals surface area (Å²) in [5, 5.41) is 0. The van der Waals surface area contributed by atoms with Crippen LogP contribution in [-0.2, 0) is 38.1 Å². The maximum absolute atomic E-state index is 11.9. The van der Waals surface area contributed by atoms with E-state index >= 15 is 0 Å². The maximum Gasteiger partial charge on any atom is 0.309 e. The zero-order valence-electron chi connectivity index (χ0n) is 21.9. The van der Waals surface area contributed by atoms with Crippen LogP contribution in [0, 0.1) is 35.5 Å². The average molecular weight is 509 g/mol. The normalized spacial score (nSPS) is 29.6. The fourth-order valence-corrected chi connectivity index (χ4v) is 5.70. The van der Waals surface area contributed by atoms with Gasteiger partial charge in [0.15, 0.2) is 0 Å². The van der Waals surface area contributed by atoms with E-state index in [0.29, 0.717) is 50.5 Å². The van der Waals surface area contributed by atoms with Crippen LogP contribution in [0.3, 0.4) is 0 Å². The van der Waals surface area contributed by atoms with Crippen LogP contribution in [0.25, 0.3) is 0 Å². The molecule has 0 aromatic rings. The molecule has 0 N–H and O–H groups in total. The molecular formula is C28H44O8. The second kappa shape index (κ2) is 14.8. The van der Waals surface area contributed by atoms with Crippen molar-refractivity contribution < 1.29 is 38.1 Å². The second-order valence-corrected chi connectivity index (χ2v) is 10.6. The Morgan fingerprint density at radius 1 is 0.722 bits per heavy atom. The number of aldehydes is 2. The highest BCUT2D eigenvalue weighted by atomic mass is 16.5. The van der Waals surface area contributed by atoms with E-state index < -0.39 is 0 Å². The molecule has 4 aliphatic rings. The summed E-state index contributed by atoms with van der Waals surface area (Å²) in [5.41, 5.74) is 0. The summed E-state index contributed by atoms with van der Waals surface area (Å²) in [7, 11) is 0. The van der Waals surface area contributed by atoms with Crippen LogP contribution >= 0.6 is 0 Å². The van der Waals surface area contributed by atoms with Crippen molar-refractivity contribution in [1.82, 2.24) is 0 Å². The van der Waals surface area contributed by atoms with E-state index in [4.69, 9.17) is 18.9 Å². The van der Waals surface area contributed by atoms with Crippen LogP contribution in [0.4, 0.5) is 0 Å². The van der Waals surface area contributed by atoms with Crippen molar-refractivity contribution in [1.29, 1.82) is 0 Å². The molecule has 0 unspecified atom stereocenters. The quantitative estimate of drug-likeness (QED) is 0.289. The molecule has 4 fully saturated rings. The molecule has 2 saturated heterocycles. The number of rotatable bonds is 12. The lowest BCUT2D eigenvalue weighted by Crippen LogP contribution is -2.35. The highest BCUT2D eigenvalue weighted by Crippen LogP contribution is 2.42.